The largest absolute Gasteiger partial charge is 0.383 e. The molecule has 8 nitrogen and oxygen atoms in total. The molecule has 0 bridgehead atoms. The van der Waals surface area contributed by atoms with Gasteiger partial charge in [0.25, 0.3) is 5.56 Å². The molecule has 3 N–H and O–H groups in total. The van der Waals surface area contributed by atoms with Crippen molar-refractivity contribution in [2.75, 3.05) is 30.0 Å². The van der Waals surface area contributed by atoms with Gasteiger partial charge in [-0.25, -0.2) is 9.36 Å². The lowest BCUT2D eigenvalue weighted by Gasteiger charge is -2.18. The average Bonchev–Trinajstić information content (AvgIpc) is 2.51. The molecule has 0 aliphatic heterocycles. The molecule has 0 atom stereocenters. The lowest BCUT2D eigenvalue weighted by atomic mass is 10.2. The smallest absolute Gasteiger partial charge is 0.332 e. The van der Waals surface area contributed by atoms with Crippen LogP contribution < -0.4 is 27.2 Å². The van der Waals surface area contributed by atoms with E-state index in [0.717, 1.165) is 14.7 Å². The molecule has 128 valence electrons. The first kappa shape index (κ1) is 17.3. The van der Waals surface area contributed by atoms with Crippen molar-refractivity contribution in [3.63, 3.8) is 0 Å². The number of carbonyl (C=O) groups is 1. The Morgan fingerprint density at radius 2 is 1.79 bits per heavy atom. The third kappa shape index (κ3) is 3.32. The fourth-order valence-corrected chi connectivity index (χ4v) is 2.31. The van der Waals surface area contributed by atoms with E-state index in [9.17, 15) is 14.4 Å². The number of anilines is 3. The number of nitrogens with two attached hydrogens (primary N) is 1. The predicted molar refractivity (Wildman–Crippen MR) is 94.5 cm³/mol. The van der Waals surface area contributed by atoms with Gasteiger partial charge in [0.05, 0.1) is 0 Å². The monoisotopic (exact) mass is 331 g/mol. The van der Waals surface area contributed by atoms with Crippen LogP contribution in [0.15, 0.2) is 33.9 Å². The Morgan fingerprint density at radius 1 is 1.21 bits per heavy atom. The van der Waals surface area contributed by atoms with Crippen LogP contribution in [0.1, 0.15) is 5.56 Å². The number of aromatic nitrogens is 2. The zero-order valence-electron chi connectivity index (χ0n) is 14.2. The molecule has 1 amide bonds. The number of carbonyl (C=O) groups excluding carboxylic acids is 1. The summed E-state index contributed by atoms with van der Waals surface area (Å²) in [5, 5.41) is 2.66. The number of benzene rings is 1. The lowest BCUT2D eigenvalue weighted by molar-refractivity contribution is -0.116. The van der Waals surface area contributed by atoms with Crippen molar-refractivity contribution in [3.05, 3.63) is 50.7 Å². The van der Waals surface area contributed by atoms with Crippen LogP contribution in [0.3, 0.4) is 0 Å². The molecule has 0 saturated heterocycles. The molecule has 0 saturated carbocycles. The summed E-state index contributed by atoms with van der Waals surface area (Å²) < 4.78 is 2.02. The molecule has 2 aromatic rings. The number of rotatable bonds is 4. The van der Waals surface area contributed by atoms with Gasteiger partial charge in [0.1, 0.15) is 18.1 Å². The third-order valence-corrected chi connectivity index (χ3v) is 3.65. The summed E-state index contributed by atoms with van der Waals surface area (Å²) in [5.41, 5.74) is 6.42. The molecule has 0 aliphatic carbocycles. The number of nitrogens with zero attached hydrogens (tertiary/aromatic N) is 3. The minimum Gasteiger partial charge on any atom is -0.383 e. The van der Waals surface area contributed by atoms with Crippen LogP contribution in [0.4, 0.5) is 17.2 Å². The Kier molecular flexibility index (Phi) is 4.77. The predicted octanol–water partition coefficient (Wildman–Crippen LogP) is 0.142. The maximum absolute atomic E-state index is 12.5. The van der Waals surface area contributed by atoms with Crippen molar-refractivity contribution in [1.29, 1.82) is 0 Å². The summed E-state index contributed by atoms with van der Waals surface area (Å²) in [5.74, 6) is -0.405. The van der Waals surface area contributed by atoms with Gasteiger partial charge in [-0.3, -0.25) is 14.2 Å². The van der Waals surface area contributed by atoms with E-state index in [4.69, 9.17) is 5.73 Å². The Bertz CT molecular complexity index is 878. The summed E-state index contributed by atoms with van der Waals surface area (Å²) in [7, 11) is 4.75. The van der Waals surface area contributed by atoms with Crippen molar-refractivity contribution in [2.24, 2.45) is 7.05 Å². The van der Waals surface area contributed by atoms with Crippen LogP contribution in [0, 0.1) is 6.92 Å². The average molecular weight is 331 g/mol. The number of amides is 1. The van der Waals surface area contributed by atoms with Gasteiger partial charge >= 0.3 is 5.69 Å². The van der Waals surface area contributed by atoms with E-state index in [2.05, 4.69) is 5.32 Å². The molecule has 2 rings (SSSR count). The van der Waals surface area contributed by atoms with Crippen molar-refractivity contribution in [3.8, 4) is 0 Å². The number of nitrogen functional groups attached to an aromatic ring is 1. The molecule has 1 heterocycles. The van der Waals surface area contributed by atoms with Gasteiger partial charge in [-0.2, -0.15) is 0 Å². The van der Waals surface area contributed by atoms with E-state index in [1.54, 1.807) is 26.2 Å². The Balaban J connectivity index is 2.35. The van der Waals surface area contributed by atoms with Gasteiger partial charge in [0, 0.05) is 26.8 Å². The summed E-state index contributed by atoms with van der Waals surface area (Å²) in [6.45, 7) is 1.55. The van der Waals surface area contributed by atoms with Crippen LogP contribution in [-0.4, -0.2) is 29.1 Å². The topological polar surface area (TPSA) is 102 Å². The molecule has 0 unspecified atom stereocenters. The SMILES string of the molecule is Cc1ccc(NC(=O)Cn2c(=O)c(N(C)C)c(N)n(C)c2=O)cc1. The van der Waals surface area contributed by atoms with E-state index < -0.39 is 17.2 Å². The highest BCUT2D eigenvalue weighted by atomic mass is 16.2. The number of aryl methyl sites for hydroxylation is 1. The molecular weight excluding hydrogens is 310 g/mol. The third-order valence-electron chi connectivity index (χ3n) is 3.65. The van der Waals surface area contributed by atoms with E-state index in [1.165, 1.54) is 11.9 Å². The molecule has 1 aromatic carbocycles. The first-order chi connectivity index (χ1) is 11.2. The maximum atomic E-state index is 12.5. The van der Waals surface area contributed by atoms with Crippen LogP contribution in [0.2, 0.25) is 0 Å². The highest BCUT2D eigenvalue weighted by molar-refractivity contribution is 5.90. The van der Waals surface area contributed by atoms with Crippen molar-refractivity contribution in [2.45, 2.75) is 13.5 Å². The van der Waals surface area contributed by atoms with E-state index >= 15 is 0 Å². The van der Waals surface area contributed by atoms with Crippen LogP contribution in [-0.2, 0) is 18.4 Å². The summed E-state index contributed by atoms with van der Waals surface area (Å²) in [4.78, 5) is 38.5. The Labute approximate surface area is 139 Å². The number of nitrogens with one attached hydrogen (secondary N) is 1. The second kappa shape index (κ2) is 6.61. The van der Waals surface area contributed by atoms with Gasteiger partial charge in [-0.15, -0.1) is 0 Å². The summed E-state index contributed by atoms with van der Waals surface area (Å²) in [6, 6.07) is 7.22. The number of hydrogen-bond donors (Lipinski definition) is 2. The molecule has 0 aliphatic rings. The molecular formula is C16H21N5O3. The van der Waals surface area contributed by atoms with Crippen LogP contribution >= 0.6 is 0 Å². The summed E-state index contributed by atoms with van der Waals surface area (Å²) >= 11 is 0. The van der Waals surface area contributed by atoms with Gasteiger partial charge < -0.3 is 16.0 Å². The van der Waals surface area contributed by atoms with Gasteiger partial charge in [0.2, 0.25) is 5.91 Å². The van der Waals surface area contributed by atoms with Crippen LogP contribution in [0.5, 0.6) is 0 Å². The molecule has 0 spiro atoms. The summed E-state index contributed by atoms with van der Waals surface area (Å²) in [6.07, 6.45) is 0. The molecule has 24 heavy (non-hydrogen) atoms. The van der Waals surface area contributed by atoms with Gasteiger partial charge in [-0.05, 0) is 19.1 Å². The standard InChI is InChI=1S/C16H21N5O3/c1-10-5-7-11(8-6-10)18-12(22)9-21-15(23)13(19(2)3)14(17)20(4)16(21)24/h5-8H,9,17H2,1-4H3,(H,18,22). The Hall–Kier alpha value is -3.03. The zero-order valence-corrected chi connectivity index (χ0v) is 14.2. The molecule has 8 heteroatoms. The second-order valence-corrected chi connectivity index (χ2v) is 5.78. The minimum atomic E-state index is -0.637. The van der Waals surface area contributed by atoms with Crippen molar-refractivity contribution >= 4 is 23.1 Å². The minimum absolute atomic E-state index is 0.0604. The first-order valence-corrected chi connectivity index (χ1v) is 7.35. The van der Waals surface area contributed by atoms with E-state index in [1.807, 2.05) is 19.1 Å². The number of hydrogen-bond acceptors (Lipinski definition) is 5. The maximum Gasteiger partial charge on any atom is 0.332 e. The molecule has 1 aromatic heterocycles. The Morgan fingerprint density at radius 3 is 2.33 bits per heavy atom. The van der Waals surface area contributed by atoms with Gasteiger partial charge in [0.15, 0.2) is 0 Å². The van der Waals surface area contributed by atoms with Gasteiger partial charge in [-0.1, -0.05) is 17.7 Å². The van der Waals surface area contributed by atoms with E-state index in [-0.39, 0.29) is 18.1 Å². The lowest BCUT2D eigenvalue weighted by Crippen LogP contribution is -2.44. The highest BCUT2D eigenvalue weighted by Gasteiger charge is 2.18. The molecule has 0 fully saturated rings. The van der Waals surface area contributed by atoms with Crippen molar-refractivity contribution < 1.29 is 4.79 Å². The zero-order chi connectivity index (χ0) is 18.0. The normalized spacial score (nSPS) is 10.5. The fraction of sp³-hybridized carbons (Fsp3) is 0.312. The second-order valence-electron chi connectivity index (χ2n) is 5.78. The molecule has 0 radical (unpaired) electrons. The highest BCUT2D eigenvalue weighted by Crippen LogP contribution is 2.12. The first-order valence-electron chi connectivity index (χ1n) is 7.35. The van der Waals surface area contributed by atoms with E-state index in [0.29, 0.717) is 5.69 Å². The quantitative estimate of drug-likeness (QED) is 0.830. The van der Waals surface area contributed by atoms with Crippen LogP contribution in [0.25, 0.3) is 0 Å². The fourth-order valence-electron chi connectivity index (χ4n) is 2.31. The van der Waals surface area contributed by atoms with Crippen molar-refractivity contribution in [1.82, 2.24) is 9.13 Å².